The molecular weight excluding hydrogens is 292 g/mol. The summed E-state index contributed by atoms with van der Waals surface area (Å²) < 4.78 is 10.5. The van der Waals surface area contributed by atoms with Crippen molar-refractivity contribution in [3.8, 4) is 11.5 Å². The lowest BCUT2D eigenvalue weighted by atomic mass is 10.1. The number of hydrogen-bond donors (Lipinski definition) is 2. The molecule has 0 aliphatic carbocycles. The number of hydrogen-bond acceptors (Lipinski definition) is 4. The molecule has 122 valence electrons. The number of methoxy groups -OCH3 is 2. The molecule has 5 heteroatoms. The molecule has 0 saturated carbocycles. The van der Waals surface area contributed by atoms with Crippen molar-refractivity contribution in [2.75, 3.05) is 26.5 Å². The van der Waals surface area contributed by atoms with Crippen LogP contribution in [0.2, 0.25) is 0 Å². The molecule has 0 heterocycles. The SMILES string of the molecule is COc1ccc(CCNC(=O)c2cccc(N)c2C)cc1OC. The fraction of sp³-hybridized carbons (Fsp3) is 0.278. The highest BCUT2D eigenvalue weighted by Gasteiger charge is 2.10. The van der Waals surface area contributed by atoms with Crippen molar-refractivity contribution in [1.29, 1.82) is 0 Å². The quantitative estimate of drug-likeness (QED) is 0.804. The number of rotatable bonds is 6. The molecule has 23 heavy (non-hydrogen) atoms. The number of benzene rings is 2. The van der Waals surface area contributed by atoms with Gasteiger partial charge in [0.15, 0.2) is 11.5 Å². The number of anilines is 1. The number of amides is 1. The molecule has 0 fully saturated rings. The Hall–Kier alpha value is -2.69. The van der Waals surface area contributed by atoms with E-state index in [1.54, 1.807) is 32.4 Å². The smallest absolute Gasteiger partial charge is 0.251 e. The lowest BCUT2D eigenvalue weighted by Gasteiger charge is -2.11. The highest BCUT2D eigenvalue weighted by atomic mass is 16.5. The van der Waals surface area contributed by atoms with Crippen LogP contribution in [0.3, 0.4) is 0 Å². The standard InChI is InChI=1S/C18H22N2O3/c1-12-14(5-4-6-15(12)19)18(21)20-10-9-13-7-8-16(22-2)17(11-13)23-3/h4-8,11H,9-10,19H2,1-3H3,(H,20,21). The normalized spacial score (nSPS) is 10.2. The second kappa shape index (κ2) is 7.54. The van der Waals surface area contributed by atoms with Gasteiger partial charge in [-0.2, -0.15) is 0 Å². The maximum absolute atomic E-state index is 12.2. The first kappa shape index (κ1) is 16.7. The summed E-state index contributed by atoms with van der Waals surface area (Å²) in [6.45, 7) is 2.38. The highest BCUT2D eigenvalue weighted by molar-refractivity contribution is 5.96. The Bertz CT molecular complexity index is 699. The van der Waals surface area contributed by atoms with Crippen molar-refractivity contribution in [3.63, 3.8) is 0 Å². The first-order valence-electron chi connectivity index (χ1n) is 7.41. The van der Waals surface area contributed by atoms with E-state index in [1.807, 2.05) is 25.1 Å². The Kier molecular flexibility index (Phi) is 5.46. The minimum absolute atomic E-state index is 0.115. The lowest BCUT2D eigenvalue weighted by Crippen LogP contribution is -2.26. The summed E-state index contributed by atoms with van der Waals surface area (Å²) in [4.78, 5) is 12.2. The zero-order valence-electron chi connectivity index (χ0n) is 13.7. The topological polar surface area (TPSA) is 73.6 Å². The molecule has 0 aliphatic heterocycles. The predicted octanol–water partition coefficient (Wildman–Crippen LogP) is 2.57. The number of carbonyl (C=O) groups excluding carboxylic acids is 1. The maximum atomic E-state index is 12.2. The van der Waals surface area contributed by atoms with Gasteiger partial charge in [-0.25, -0.2) is 0 Å². The second-order valence-electron chi connectivity index (χ2n) is 5.22. The van der Waals surface area contributed by atoms with Gasteiger partial charge in [0.05, 0.1) is 14.2 Å². The van der Waals surface area contributed by atoms with E-state index in [2.05, 4.69) is 5.32 Å². The van der Waals surface area contributed by atoms with Crippen molar-refractivity contribution >= 4 is 11.6 Å². The van der Waals surface area contributed by atoms with E-state index < -0.39 is 0 Å². The van der Waals surface area contributed by atoms with Crippen LogP contribution in [0.5, 0.6) is 11.5 Å². The molecule has 0 spiro atoms. The Balaban J connectivity index is 1.97. The molecule has 2 aromatic carbocycles. The van der Waals surface area contributed by atoms with E-state index in [0.717, 1.165) is 11.1 Å². The summed E-state index contributed by atoms with van der Waals surface area (Å²) in [6, 6.07) is 11.1. The maximum Gasteiger partial charge on any atom is 0.251 e. The van der Waals surface area contributed by atoms with E-state index in [0.29, 0.717) is 35.7 Å². The van der Waals surface area contributed by atoms with Crippen LogP contribution in [-0.2, 0) is 6.42 Å². The molecule has 0 atom stereocenters. The third-order valence-corrected chi connectivity index (χ3v) is 3.77. The van der Waals surface area contributed by atoms with E-state index in [4.69, 9.17) is 15.2 Å². The van der Waals surface area contributed by atoms with Crippen LogP contribution in [0.1, 0.15) is 21.5 Å². The zero-order valence-corrected chi connectivity index (χ0v) is 13.7. The molecule has 0 unspecified atom stereocenters. The predicted molar refractivity (Wildman–Crippen MR) is 91.2 cm³/mol. The fourth-order valence-corrected chi connectivity index (χ4v) is 2.35. The van der Waals surface area contributed by atoms with Gasteiger partial charge in [-0.15, -0.1) is 0 Å². The molecule has 0 bridgehead atoms. The van der Waals surface area contributed by atoms with E-state index in [-0.39, 0.29) is 5.91 Å². The van der Waals surface area contributed by atoms with E-state index in [9.17, 15) is 4.79 Å². The Morgan fingerprint density at radius 1 is 1.13 bits per heavy atom. The largest absolute Gasteiger partial charge is 0.493 e. The van der Waals surface area contributed by atoms with Gasteiger partial charge in [0.2, 0.25) is 0 Å². The van der Waals surface area contributed by atoms with Gasteiger partial charge >= 0.3 is 0 Å². The zero-order chi connectivity index (χ0) is 16.8. The molecule has 0 aromatic heterocycles. The van der Waals surface area contributed by atoms with Crippen molar-refractivity contribution in [1.82, 2.24) is 5.32 Å². The molecule has 2 rings (SSSR count). The first-order valence-corrected chi connectivity index (χ1v) is 7.41. The van der Waals surface area contributed by atoms with E-state index in [1.165, 1.54) is 0 Å². The lowest BCUT2D eigenvalue weighted by molar-refractivity contribution is 0.0953. The van der Waals surface area contributed by atoms with Crippen LogP contribution in [0, 0.1) is 6.92 Å². The summed E-state index contributed by atoms with van der Waals surface area (Å²) in [5.74, 6) is 1.26. The summed E-state index contributed by atoms with van der Waals surface area (Å²) in [5, 5.41) is 2.92. The highest BCUT2D eigenvalue weighted by Crippen LogP contribution is 2.27. The monoisotopic (exact) mass is 314 g/mol. The van der Waals surface area contributed by atoms with Crippen molar-refractivity contribution in [2.24, 2.45) is 0 Å². The van der Waals surface area contributed by atoms with Crippen molar-refractivity contribution in [3.05, 3.63) is 53.1 Å². The number of nitrogens with two attached hydrogens (primary N) is 1. The minimum Gasteiger partial charge on any atom is -0.493 e. The minimum atomic E-state index is -0.115. The van der Waals surface area contributed by atoms with Crippen LogP contribution >= 0.6 is 0 Å². The Labute approximate surface area is 136 Å². The van der Waals surface area contributed by atoms with Gasteiger partial charge in [-0.3, -0.25) is 4.79 Å². The Morgan fingerprint density at radius 3 is 2.57 bits per heavy atom. The number of carbonyl (C=O) groups is 1. The fourth-order valence-electron chi connectivity index (χ4n) is 2.35. The van der Waals surface area contributed by atoms with Crippen LogP contribution in [0.4, 0.5) is 5.69 Å². The van der Waals surface area contributed by atoms with Crippen LogP contribution in [0.25, 0.3) is 0 Å². The van der Waals surface area contributed by atoms with Gasteiger partial charge in [0.1, 0.15) is 0 Å². The van der Waals surface area contributed by atoms with E-state index >= 15 is 0 Å². The summed E-state index contributed by atoms with van der Waals surface area (Å²) in [6.07, 6.45) is 0.702. The van der Waals surface area contributed by atoms with Crippen molar-refractivity contribution < 1.29 is 14.3 Å². The Morgan fingerprint density at radius 2 is 1.87 bits per heavy atom. The van der Waals surface area contributed by atoms with Crippen LogP contribution < -0.4 is 20.5 Å². The third-order valence-electron chi connectivity index (χ3n) is 3.77. The molecule has 3 N–H and O–H groups in total. The molecule has 2 aromatic rings. The van der Waals surface area contributed by atoms with Gasteiger partial charge in [-0.1, -0.05) is 12.1 Å². The van der Waals surface area contributed by atoms with Crippen molar-refractivity contribution in [2.45, 2.75) is 13.3 Å². The van der Waals surface area contributed by atoms with Crippen LogP contribution in [-0.4, -0.2) is 26.7 Å². The average Bonchev–Trinajstić information content (AvgIpc) is 2.57. The molecule has 0 aliphatic rings. The molecule has 0 radical (unpaired) electrons. The number of nitrogens with one attached hydrogen (secondary N) is 1. The van der Waals surface area contributed by atoms with Gasteiger partial charge in [0, 0.05) is 17.8 Å². The summed E-state index contributed by atoms with van der Waals surface area (Å²) >= 11 is 0. The van der Waals surface area contributed by atoms with Gasteiger partial charge < -0.3 is 20.5 Å². The second-order valence-corrected chi connectivity index (χ2v) is 5.22. The first-order chi connectivity index (χ1) is 11.1. The molecule has 0 saturated heterocycles. The third kappa shape index (κ3) is 3.94. The molecule has 5 nitrogen and oxygen atoms in total. The number of nitrogen functional groups attached to an aromatic ring is 1. The van der Waals surface area contributed by atoms with Crippen LogP contribution in [0.15, 0.2) is 36.4 Å². The summed E-state index contributed by atoms with van der Waals surface area (Å²) in [5.41, 5.74) is 8.93. The molecule has 1 amide bonds. The molecular formula is C18H22N2O3. The average molecular weight is 314 g/mol. The van der Waals surface area contributed by atoms with Gasteiger partial charge in [-0.05, 0) is 48.7 Å². The van der Waals surface area contributed by atoms with Gasteiger partial charge in [0.25, 0.3) is 5.91 Å². The summed E-state index contributed by atoms with van der Waals surface area (Å²) in [7, 11) is 3.21. The number of ether oxygens (including phenoxy) is 2.